The van der Waals surface area contributed by atoms with Gasteiger partial charge in [-0.2, -0.15) is 0 Å². The maximum absolute atomic E-state index is 12.1. The Labute approximate surface area is 191 Å². The maximum atomic E-state index is 12.1. The first-order valence-corrected chi connectivity index (χ1v) is 11.3. The monoisotopic (exact) mass is 456 g/mol. The molecular weight excluding hydrogens is 416 g/mol. The van der Waals surface area contributed by atoms with E-state index >= 15 is 0 Å². The molecule has 1 aliphatic carbocycles. The molecule has 0 bridgehead atoms. The second kappa shape index (κ2) is 14.0. The van der Waals surface area contributed by atoms with Crippen LogP contribution >= 0.6 is 0 Å². The second-order valence-corrected chi connectivity index (χ2v) is 9.30. The Balaban J connectivity index is 2.41. The van der Waals surface area contributed by atoms with E-state index in [2.05, 4.69) is 38.0 Å². The van der Waals surface area contributed by atoms with E-state index in [1.807, 2.05) is 6.92 Å². The van der Waals surface area contributed by atoms with E-state index in [0.29, 0.717) is 32.8 Å². The van der Waals surface area contributed by atoms with Gasteiger partial charge in [-0.15, -0.1) is 0 Å². The molecule has 2 amide bonds. The minimum Gasteiger partial charge on any atom is -0.459 e. The van der Waals surface area contributed by atoms with Gasteiger partial charge in [-0.1, -0.05) is 27.4 Å². The molecule has 1 saturated carbocycles. The van der Waals surface area contributed by atoms with Gasteiger partial charge in [-0.25, -0.2) is 14.4 Å². The van der Waals surface area contributed by atoms with Gasteiger partial charge >= 0.3 is 18.2 Å². The van der Waals surface area contributed by atoms with Gasteiger partial charge in [-0.3, -0.25) is 0 Å². The smallest absolute Gasteiger partial charge is 0.407 e. The van der Waals surface area contributed by atoms with Crippen molar-refractivity contribution in [2.24, 2.45) is 10.8 Å². The molecule has 0 aliphatic heterocycles. The van der Waals surface area contributed by atoms with Gasteiger partial charge in [0.25, 0.3) is 0 Å². The van der Waals surface area contributed by atoms with Crippen molar-refractivity contribution in [2.45, 2.75) is 65.8 Å². The molecule has 2 N–H and O–H groups in total. The van der Waals surface area contributed by atoms with Crippen molar-refractivity contribution in [1.29, 1.82) is 0 Å². The largest absolute Gasteiger partial charge is 0.459 e. The van der Waals surface area contributed by atoms with Crippen LogP contribution in [0.4, 0.5) is 9.59 Å². The fourth-order valence-corrected chi connectivity index (χ4v) is 4.37. The van der Waals surface area contributed by atoms with Crippen molar-refractivity contribution < 1.29 is 33.3 Å². The highest BCUT2D eigenvalue weighted by molar-refractivity contribution is 5.81. The highest BCUT2D eigenvalue weighted by Gasteiger charge is 2.42. The third-order valence-corrected chi connectivity index (χ3v) is 5.27. The second-order valence-electron chi connectivity index (χ2n) is 9.30. The number of nitrogens with one attached hydrogen (secondary N) is 2. The molecule has 32 heavy (non-hydrogen) atoms. The fraction of sp³-hybridized carbons (Fsp3) is 0.783. The number of unbranched alkanes of at least 4 members (excludes halogenated alkanes) is 1. The van der Waals surface area contributed by atoms with Crippen LogP contribution < -0.4 is 10.6 Å². The number of alkyl carbamates (subject to hydrolysis) is 2. The first-order chi connectivity index (χ1) is 15.1. The molecule has 0 spiro atoms. The molecule has 0 aromatic heterocycles. The zero-order chi connectivity index (χ0) is 24.0. The predicted molar refractivity (Wildman–Crippen MR) is 120 cm³/mol. The van der Waals surface area contributed by atoms with Crippen LogP contribution in [0.15, 0.2) is 12.7 Å². The number of rotatable bonds is 13. The molecule has 1 aliphatic rings. The lowest BCUT2D eigenvalue weighted by atomic mass is 9.62. The lowest BCUT2D eigenvalue weighted by Crippen LogP contribution is -2.50. The van der Waals surface area contributed by atoms with Gasteiger partial charge in [0, 0.05) is 31.9 Å². The van der Waals surface area contributed by atoms with E-state index in [9.17, 15) is 14.4 Å². The maximum Gasteiger partial charge on any atom is 0.407 e. The summed E-state index contributed by atoms with van der Waals surface area (Å²) in [5.41, 5.74) is -0.220. The van der Waals surface area contributed by atoms with E-state index in [0.717, 1.165) is 31.8 Å². The van der Waals surface area contributed by atoms with E-state index in [1.165, 1.54) is 0 Å². The zero-order valence-electron chi connectivity index (χ0n) is 20.0. The Kier molecular flexibility index (Phi) is 12.1. The van der Waals surface area contributed by atoms with Crippen molar-refractivity contribution in [1.82, 2.24) is 10.6 Å². The summed E-state index contributed by atoms with van der Waals surface area (Å²) in [6.07, 6.45) is 4.09. The third kappa shape index (κ3) is 11.9. The standard InChI is InChI=1S/C23H40N2O7/c1-6-19(26)30-12-13-32-21(28)25-18-14-22(3,4)16-23(5,15-18)17-24-20(27)31-11-9-8-10-29-7-2/h6,18H,1,7-17H2,2-5H3,(H,24,27)(H,25,28). The molecule has 1 rings (SSSR count). The van der Waals surface area contributed by atoms with Crippen molar-refractivity contribution in [2.75, 3.05) is 39.6 Å². The molecule has 2 atom stereocenters. The summed E-state index contributed by atoms with van der Waals surface area (Å²) in [5.74, 6) is -0.560. The van der Waals surface area contributed by atoms with Crippen molar-refractivity contribution in [3.05, 3.63) is 12.7 Å². The lowest BCUT2D eigenvalue weighted by molar-refractivity contribution is -0.138. The number of esters is 1. The van der Waals surface area contributed by atoms with E-state index in [1.54, 1.807) is 0 Å². The van der Waals surface area contributed by atoms with Crippen LogP contribution in [-0.4, -0.2) is 63.8 Å². The van der Waals surface area contributed by atoms with Crippen LogP contribution in [0.1, 0.15) is 59.8 Å². The zero-order valence-corrected chi connectivity index (χ0v) is 20.0. The average molecular weight is 457 g/mol. The Morgan fingerprint density at radius 2 is 1.62 bits per heavy atom. The van der Waals surface area contributed by atoms with Gasteiger partial charge in [0.05, 0.1) is 6.61 Å². The van der Waals surface area contributed by atoms with Crippen LogP contribution in [0.5, 0.6) is 0 Å². The summed E-state index contributed by atoms with van der Waals surface area (Å²) in [6.45, 7) is 13.8. The Bertz CT molecular complexity index is 623. The number of amides is 2. The molecule has 1 fully saturated rings. The normalized spacial score (nSPS) is 21.8. The average Bonchev–Trinajstić information content (AvgIpc) is 2.70. The van der Waals surface area contributed by atoms with Crippen molar-refractivity contribution in [3.8, 4) is 0 Å². The third-order valence-electron chi connectivity index (χ3n) is 5.27. The number of ether oxygens (including phenoxy) is 4. The molecule has 184 valence electrons. The van der Waals surface area contributed by atoms with Crippen molar-refractivity contribution >= 4 is 18.2 Å². The summed E-state index contributed by atoms with van der Waals surface area (Å²) in [7, 11) is 0. The highest BCUT2D eigenvalue weighted by Crippen LogP contribution is 2.45. The minimum atomic E-state index is -0.560. The predicted octanol–water partition coefficient (Wildman–Crippen LogP) is 3.57. The molecule has 0 saturated heterocycles. The van der Waals surface area contributed by atoms with Crippen LogP contribution in [0.2, 0.25) is 0 Å². The number of hydrogen-bond acceptors (Lipinski definition) is 7. The summed E-state index contributed by atoms with van der Waals surface area (Å²) in [4.78, 5) is 35.2. The van der Waals surface area contributed by atoms with Crippen molar-refractivity contribution in [3.63, 3.8) is 0 Å². The Hall–Kier alpha value is -2.29. The lowest BCUT2D eigenvalue weighted by Gasteiger charge is -2.46. The Morgan fingerprint density at radius 1 is 0.969 bits per heavy atom. The van der Waals surface area contributed by atoms with Crippen LogP contribution in [0.3, 0.4) is 0 Å². The van der Waals surface area contributed by atoms with Gasteiger partial charge in [0.1, 0.15) is 13.2 Å². The minimum absolute atomic E-state index is 0.0186. The quantitative estimate of drug-likeness (QED) is 0.189. The summed E-state index contributed by atoms with van der Waals surface area (Å²) in [5, 5.41) is 5.77. The summed E-state index contributed by atoms with van der Waals surface area (Å²) in [6, 6.07) is -0.0941. The number of hydrogen-bond donors (Lipinski definition) is 2. The van der Waals surface area contributed by atoms with Gasteiger partial charge < -0.3 is 29.6 Å². The number of carbonyl (C=O) groups excluding carboxylic acids is 3. The molecule has 0 radical (unpaired) electrons. The summed E-state index contributed by atoms with van der Waals surface area (Å²) < 4.78 is 20.4. The molecule has 0 aromatic carbocycles. The van der Waals surface area contributed by atoms with E-state index < -0.39 is 18.2 Å². The Morgan fingerprint density at radius 3 is 2.31 bits per heavy atom. The van der Waals surface area contributed by atoms with Gasteiger partial charge in [-0.05, 0) is 49.9 Å². The van der Waals surface area contributed by atoms with Gasteiger partial charge in [0.2, 0.25) is 0 Å². The fourth-order valence-electron chi connectivity index (χ4n) is 4.37. The molecular formula is C23H40N2O7. The topological polar surface area (TPSA) is 112 Å². The van der Waals surface area contributed by atoms with Crippen LogP contribution in [0, 0.1) is 10.8 Å². The molecule has 9 heteroatoms. The number of carbonyl (C=O) groups is 3. The van der Waals surface area contributed by atoms with E-state index in [4.69, 9.17) is 18.9 Å². The van der Waals surface area contributed by atoms with Crippen LogP contribution in [-0.2, 0) is 23.7 Å². The highest BCUT2D eigenvalue weighted by atomic mass is 16.6. The summed E-state index contributed by atoms with van der Waals surface area (Å²) >= 11 is 0. The van der Waals surface area contributed by atoms with Gasteiger partial charge in [0.15, 0.2) is 0 Å². The SMILES string of the molecule is C=CC(=O)OCCOC(=O)NC1CC(C)(C)CC(C)(CNC(=O)OCCCCOCC)C1. The molecule has 0 aromatic rings. The first kappa shape index (κ1) is 27.7. The van der Waals surface area contributed by atoms with E-state index in [-0.39, 0.29) is 30.1 Å². The molecule has 9 nitrogen and oxygen atoms in total. The first-order valence-electron chi connectivity index (χ1n) is 11.3. The van der Waals surface area contributed by atoms with Crippen LogP contribution in [0.25, 0.3) is 0 Å². The molecule has 2 unspecified atom stereocenters. The molecule has 0 heterocycles.